The van der Waals surface area contributed by atoms with Crippen LogP contribution >= 0.6 is 0 Å². The molecule has 1 rings (SSSR count). The summed E-state index contributed by atoms with van der Waals surface area (Å²) in [6, 6.07) is 1.24. The second-order valence-corrected chi connectivity index (χ2v) is 7.32. The van der Waals surface area contributed by atoms with Crippen LogP contribution in [0.3, 0.4) is 0 Å². The van der Waals surface area contributed by atoms with Gasteiger partial charge in [-0.3, -0.25) is 4.90 Å². The van der Waals surface area contributed by atoms with Gasteiger partial charge < -0.3 is 9.64 Å². The molecule has 4 atom stereocenters. The Balaban J connectivity index is 2.92. The van der Waals surface area contributed by atoms with E-state index in [1.165, 1.54) is 6.42 Å². The summed E-state index contributed by atoms with van der Waals surface area (Å²) >= 11 is 0. The summed E-state index contributed by atoms with van der Waals surface area (Å²) in [6.07, 6.45) is 3.34. The Morgan fingerprint density at radius 2 is 1.65 bits per heavy atom. The molecule has 120 valence electrons. The predicted octanol–water partition coefficient (Wildman–Crippen LogP) is 3.38. The van der Waals surface area contributed by atoms with Crippen LogP contribution in [0.1, 0.15) is 60.8 Å². The molecule has 0 amide bonds. The van der Waals surface area contributed by atoms with Crippen molar-refractivity contribution in [2.45, 2.75) is 84.0 Å². The van der Waals surface area contributed by atoms with Crippen LogP contribution in [0.25, 0.3) is 0 Å². The first-order valence-corrected chi connectivity index (χ1v) is 8.23. The summed E-state index contributed by atoms with van der Waals surface area (Å²) in [5.41, 5.74) is 0.201. The topological polar surface area (TPSA) is 15.7 Å². The van der Waals surface area contributed by atoms with Crippen molar-refractivity contribution < 1.29 is 4.74 Å². The SMILES string of the molecule is CCC(C)(CC(C)(CC)N1CC(C)N(C)CC1C)OC. The Bertz CT molecular complexity index is 303. The molecule has 0 saturated carbocycles. The smallest absolute Gasteiger partial charge is 0.0665 e. The molecule has 1 fully saturated rings. The molecular weight excluding hydrogens is 248 g/mol. The van der Waals surface area contributed by atoms with Crippen molar-refractivity contribution in [3.05, 3.63) is 0 Å². The monoisotopic (exact) mass is 284 g/mol. The molecular formula is C17H36N2O. The third-order valence-corrected chi connectivity index (χ3v) is 5.75. The zero-order valence-corrected chi connectivity index (χ0v) is 15.0. The van der Waals surface area contributed by atoms with Gasteiger partial charge in [0.15, 0.2) is 0 Å². The first kappa shape index (κ1) is 17.9. The molecule has 4 unspecified atom stereocenters. The van der Waals surface area contributed by atoms with Crippen molar-refractivity contribution in [2.75, 3.05) is 27.2 Å². The number of likely N-dealkylation sites (N-methyl/N-ethyl adjacent to an activating group) is 1. The minimum absolute atomic E-state index is 0.0168. The van der Waals surface area contributed by atoms with Crippen molar-refractivity contribution in [3.63, 3.8) is 0 Å². The van der Waals surface area contributed by atoms with E-state index in [4.69, 9.17) is 4.74 Å². The number of rotatable bonds is 6. The first-order chi connectivity index (χ1) is 9.21. The van der Waals surface area contributed by atoms with Gasteiger partial charge in [-0.05, 0) is 54.0 Å². The van der Waals surface area contributed by atoms with Crippen LogP contribution in [0, 0.1) is 0 Å². The minimum atomic E-state index is -0.0168. The van der Waals surface area contributed by atoms with Gasteiger partial charge in [0, 0.05) is 37.8 Å². The van der Waals surface area contributed by atoms with E-state index >= 15 is 0 Å². The highest BCUT2D eigenvalue weighted by Crippen LogP contribution is 2.36. The Kier molecular flexibility index (Phi) is 6.06. The van der Waals surface area contributed by atoms with E-state index in [9.17, 15) is 0 Å². The molecule has 3 heteroatoms. The Labute approximate surface area is 126 Å². The molecule has 0 aromatic rings. The lowest BCUT2D eigenvalue weighted by molar-refractivity contribution is -0.0812. The van der Waals surface area contributed by atoms with E-state index in [1.54, 1.807) is 0 Å². The highest BCUT2D eigenvalue weighted by Gasteiger charge is 2.42. The second-order valence-electron chi connectivity index (χ2n) is 7.32. The number of methoxy groups -OCH3 is 1. The first-order valence-electron chi connectivity index (χ1n) is 8.23. The second kappa shape index (κ2) is 6.76. The van der Waals surface area contributed by atoms with Gasteiger partial charge in [-0.15, -0.1) is 0 Å². The van der Waals surface area contributed by atoms with Crippen molar-refractivity contribution >= 4 is 0 Å². The summed E-state index contributed by atoms with van der Waals surface area (Å²) in [5.74, 6) is 0. The number of hydrogen-bond acceptors (Lipinski definition) is 3. The fraction of sp³-hybridized carbons (Fsp3) is 1.00. The van der Waals surface area contributed by atoms with Crippen molar-refractivity contribution in [1.82, 2.24) is 9.80 Å². The molecule has 1 saturated heterocycles. The maximum absolute atomic E-state index is 5.82. The number of piperazine rings is 1. The molecule has 1 aliphatic rings. The Morgan fingerprint density at radius 3 is 2.10 bits per heavy atom. The van der Waals surface area contributed by atoms with Crippen LogP contribution in [0.5, 0.6) is 0 Å². The Hall–Kier alpha value is -0.120. The van der Waals surface area contributed by atoms with E-state index in [-0.39, 0.29) is 11.1 Å². The van der Waals surface area contributed by atoms with Gasteiger partial charge in [0.2, 0.25) is 0 Å². The lowest BCUT2D eigenvalue weighted by Gasteiger charge is -2.53. The lowest BCUT2D eigenvalue weighted by Crippen LogP contribution is -2.63. The zero-order chi connectivity index (χ0) is 15.6. The molecule has 20 heavy (non-hydrogen) atoms. The van der Waals surface area contributed by atoms with Gasteiger partial charge in [0.05, 0.1) is 5.60 Å². The third kappa shape index (κ3) is 3.75. The fourth-order valence-electron chi connectivity index (χ4n) is 3.63. The van der Waals surface area contributed by atoms with Crippen molar-refractivity contribution in [2.24, 2.45) is 0 Å². The van der Waals surface area contributed by atoms with E-state index in [0.29, 0.717) is 12.1 Å². The maximum atomic E-state index is 5.82. The predicted molar refractivity (Wildman–Crippen MR) is 87.3 cm³/mol. The van der Waals surface area contributed by atoms with Gasteiger partial charge in [-0.1, -0.05) is 13.8 Å². The summed E-state index contributed by atoms with van der Waals surface area (Å²) in [5, 5.41) is 0. The normalized spacial score (nSPS) is 31.8. The van der Waals surface area contributed by atoms with Gasteiger partial charge in [-0.2, -0.15) is 0 Å². The van der Waals surface area contributed by atoms with Crippen molar-refractivity contribution in [1.29, 1.82) is 0 Å². The summed E-state index contributed by atoms with van der Waals surface area (Å²) in [4.78, 5) is 5.21. The fourth-order valence-corrected chi connectivity index (χ4v) is 3.63. The molecule has 0 bridgehead atoms. The largest absolute Gasteiger partial charge is 0.378 e. The summed E-state index contributed by atoms with van der Waals surface area (Å²) in [7, 11) is 4.10. The molecule has 0 radical (unpaired) electrons. The molecule has 0 N–H and O–H groups in total. The van der Waals surface area contributed by atoms with Gasteiger partial charge in [0.25, 0.3) is 0 Å². The highest BCUT2D eigenvalue weighted by atomic mass is 16.5. The average Bonchev–Trinajstić information content (AvgIpc) is 2.42. The van der Waals surface area contributed by atoms with E-state index in [0.717, 1.165) is 25.9 Å². The number of nitrogens with zero attached hydrogens (tertiary/aromatic N) is 2. The van der Waals surface area contributed by atoms with Gasteiger partial charge >= 0.3 is 0 Å². The third-order valence-electron chi connectivity index (χ3n) is 5.75. The Morgan fingerprint density at radius 1 is 1.05 bits per heavy atom. The van der Waals surface area contributed by atoms with Gasteiger partial charge in [0.1, 0.15) is 0 Å². The van der Waals surface area contributed by atoms with Crippen LogP contribution in [-0.4, -0.2) is 60.3 Å². The number of ether oxygens (including phenoxy) is 1. The van der Waals surface area contributed by atoms with Crippen LogP contribution in [0.15, 0.2) is 0 Å². The molecule has 0 aromatic heterocycles. The van der Waals surface area contributed by atoms with E-state index in [2.05, 4.69) is 58.4 Å². The molecule has 0 spiro atoms. The van der Waals surface area contributed by atoms with E-state index < -0.39 is 0 Å². The molecule has 1 aliphatic heterocycles. The molecule has 3 nitrogen and oxygen atoms in total. The van der Waals surface area contributed by atoms with Crippen LogP contribution < -0.4 is 0 Å². The van der Waals surface area contributed by atoms with Crippen LogP contribution in [-0.2, 0) is 4.74 Å². The van der Waals surface area contributed by atoms with Crippen molar-refractivity contribution in [3.8, 4) is 0 Å². The molecule has 1 heterocycles. The molecule has 0 aromatic carbocycles. The molecule has 0 aliphatic carbocycles. The zero-order valence-electron chi connectivity index (χ0n) is 15.0. The highest BCUT2D eigenvalue weighted by molar-refractivity contribution is 4.98. The number of hydrogen-bond donors (Lipinski definition) is 0. The standard InChI is InChI=1S/C17H36N2O/c1-9-16(5,13-17(6,10-2)20-8)19-12-14(3)18(7)11-15(19)4/h14-15H,9-13H2,1-8H3. The average molecular weight is 284 g/mol. The van der Waals surface area contributed by atoms with Gasteiger partial charge in [-0.25, -0.2) is 0 Å². The maximum Gasteiger partial charge on any atom is 0.0665 e. The lowest BCUT2D eigenvalue weighted by atomic mass is 9.80. The summed E-state index contributed by atoms with van der Waals surface area (Å²) in [6.45, 7) is 16.3. The van der Waals surface area contributed by atoms with Crippen LogP contribution in [0.2, 0.25) is 0 Å². The van der Waals surface area contributed by atoms with Crippen LogP contribution in [0.4, 0.5) is 0 Å². The quantitative estimate of drug-likeness (QED) is 0.743. The van der Waals surface area contributed by atoms with E-state index in [1.807, 2.05) is 7.11 Å². The minimum Gasteiger partial charge on any atom is -0.378 e. The summed E-state index contributed by atoms with van der Waals surface area (Å²) < 4.78 is 5.82.